The second kappa shape index (κ2) is 8.59. The highest BCUT2D eigenvalue weighted by atomic mass is 16.5. The Kier molecular flexibility index (Phi) is 7.09. The molecular formula is C16H25NO3. The van der Waals surface area contributed by atoms with E-state index in [1.165, 1.54) is 0 Å². The standard InChI is InChI=1S/C16H25NO3/c1-4-5-12(2)20-16-10-13(6-7-15(16)19-3)14(11-17)8-9-18/h6-7,9-10,12,14H,4-5,8,11,17H2,1-3H3. The van der Waals surface area contributed by atoms with Crippen LogP contribution in [-0.2, 0) is 4.79 Å². The summed E-state index contributed by atoms with van der Waals surface area (Å²) in [5.74, 6) is 1.45. The van der Waals surface area contributed by atoms with Crippen LogP contribution in [0.15, 0.2) is 18.2 Å². The van der Waals surface area contributed by atoms with Crippen LogP contribution < -0.4 is 15.2 Å². The molecule has 2 atom stereocenters. The largest absolute Gasteiger partial charge is 0.493 e. The van der Waals surface area contributed by atoms with Gasteiger partial charge in [0.25, 0.3) is 0 Å². The van der Waals surface area contributed by atoms with E-state index in [9.17, 15) is 4.79 Å². The van der Waals surface area contributed by atoms with Crippen molar-refractivity contribution in [2.75, 3.05) is 13.7 Å². The van der Waals surface area contributed by atoms with Crippen molar-refractivity contribution in [3.8, 4) is 11.5 Å². The Labute approximate surface area is 121 Å². The van der Waals surface area contributed by atoms with Gasteiger partial charge in [0, 0.05) is 12.3 Å². The topological polar surface area (TPSA) is 61.5 Å². The molecule has 0 aliphatic heterocycles. The fraction of sp³-hybridized carbons (Fsp3) is 0.562. The van der Waals surface area contributed by atoms with Crippen LogP contribution in [0.4, 0.5) is 0 Å². The van der Waals surface area contributed by atoms with Gasteiger partial charge in [-0.2, -0.15) is 0 Å². The molecule has 20 heavy (non-hydrogen) atoms. The Balaban J connectivity index is 2.97. The maximum Gasteiger partial charge on any atom is 0.161 e. The lowest BCUT2D eigenvalue weighted by Crippen LogP contribution is -2.15. The van der Waals surface area contributed by atoms with Gasteiger partial charge in [0.2, 0.25) is 0 Å². The van der Waals surface area contributed by atoms with Gasteiger partial charge in [-0.25, -0.2) is 0 Å². The minimum Gasteiger partial charge on any atom is -0.493 e. The Morgan fingerprint density at radius 2 is 2.10 bits per heavy atom. The number of nitrogens with two attached hydrogens (primary N) is 1. The van der Waals surface area contributed by atoms with Crippen LogP contribution in [0.5, 0.6) is 11.5 Å². The summed E-state index contributed by atoms with van der Waals surface area (Å²) in [4.78, 5) is 10.7. The average Bonchev–Trinajstić information content (AvgIpc) is 2.45. The molecule has 2 unspecified atom stereocenters. The molecule has 2 N–H and O–H groups in total. The summed E-state index contributed by atoms with van der Waals surface area (Å²) in [6.45, 7) is 4.61. The van der Waals surface area contributed by atoms with Gasteiger partial charge in [-0.05, 0) is 37.6 Å². The van der Waals surface area contributed by atoms with E-state index in [0.717, 1.165) is 30.4 Å². The van der Waals surface area contributed by atoms with Gasteiger partial charge in [0.1, 0.15) is 6.29 Å². The van der Waals surface area contributed by atoms with Crippen molar-refractivity contribution in [3.63, 3.8) is 0 Å². The molecule has 0 spiro atoms. The van der Waals surface area contributed by atoms with Crippen molar-refractivity contribution in [2.24, 2.45) is 5.73 Å². The molecule has 1 aromatic carbocycles. The summed E-state index contributed by atoms with van der Waals surface area (Å²) < 4.78 is 11.3. The van der Waals surface area contributed by atoms with E-state index >= 15 is 0 Å². The number of carbonyl (C=O) groups is 1. The molecular weight excluding hydrogens is 254 g/mol. The third kappa shape index (κ3) is 4.53. The first-order valence-corrected chi connectivity index (χ1v) is 7.14. The second-order valence-electron chi connectivity index (χ2n) is 4.96. The Bertz CT molecular complexity index is 420. The van der Waals surface area contributed by atoms with Crippen LogP contribution in [0, 0.1) is 0 Å². The second-order valence-corrected chi connectivity index (χ2v) is 4.96. The highest BCUT2D eigenvalue weighted by Gasteiger charge is 2.14. The minimum atomic E-state index is 0.0298. The molecule has 0 aromatic heterocycles. The van der Waals surface area contributed by atoms with E-state index in [4.69, 9.17) is 15.2 Å². The number of carbonyl (C=O) groups excluding carboxylic acids is 1. The molecule has 0 bridgehead atoms. The molecule has 0 saturated heterocycles. The molecule has 1 aromatic rings. The van der Waals surface area contributed by atoms with Crippen LogP contribution in [0.2, 0.25) is 0 Å². The first kappa shape index (κ1) is 16.5. The van der Waals surface area contributed by atoms with E-state index in [2.05, 4.69) is 6.92 Å². The molecule has 0 heterocycles. The number of methoxy groups -OCH3 is 1. The van der Waals surface area contributed by atoms with Gasteiger partial charge in [0.15, 0.2) is 11.5 Å². The summed E-state index contributed by atoms with van der Waals surface area (Å²) in [7, 11) is 1.62. The highest BCUT2D eigenvalue weighted by molar-refractivity contribution is 5.53. The minimum absolute atomic E-state index is 0.0298. The smallest absolute Gasteiger partial charge is 0.161 e. The van der Waals surface area contributed by atoms with Crippen molar-refractivity contribution in [1.29, 1.82) is 0 Å². The highest BCUT2D eigenvalue weighted by Crippen LogP contribution is 2.32. The van der Waals surface area contributed by atoms with E-state index in [1.807, 2.05) is 25.1 Å². The van der Waals surface area contributed by atoms with Crippen LogP contribution >= 0.6 is 0 Å². The zero-order valence-corrected chi connectivity index (χ0v) is 12.6. The molecule has 0 aliphatic rings. The lowest BCUT2D eigenvalue weighted by molar-refractivity contribution is -0.108. The molecule has 0 fully saturated rings. The Morgan fingerprint density at radius 1 is 1.35 bits per heavy atom. The van der Waals surface area contributed by atoms with Crippen molar-refractivity contribution in [3.05, 3.63) is 23.8 Å². The quantitative estimate of drug-likeness (QED) is 0.706. The van der Waals surface area contributed by atoms with Gasteiger partial charge in [-0.3, -0.25) is 0 Å². The lowest BCUT2D eigenvalue weighted by Gasteiger charge is -2.19. The number of rotatable bonds is 9. The number of aldehydes is 1. The van der Waals surface area contributed by atoms with Crippen molar-refractivity contribution < 1.29 is 14.3 Å². The van der Waals surface area contributed by atoms with Gasteiger partial charge in [-0.1, -0.05) is 19.4 Å². The monoisotopic (exact) mass is 279 g/mol. The van der Waals surface area contributed by atoms with Crippen LogP contribution in [0.3, 0.4) is 0 Å². The molecule has 0 radical (unpaired) electrons. The molecule has 0 amide bonds. The van der Waals surface area contributed by atoms with Gasteiger partial charge in [-0.15, -0.1) is 0 Å². The zero-order chi connectivity index (χ0) is 15.0. The number of ether oxygens (including phenoxy) is 2. The molecule has 4 nitrogen and oxygen atoms in total. The molecule has 1 rings (SSSR count). The van der Waals surface area contributed by atoms with Crippen molar-refractivity contribution >= 4 is 6.29 Å². The fourth-order valence-electron chi connectivity index (χ4n) is 2.21. The lowest BCUT2D eigenvalue weighted by atomic mass is 9.96. The van der Waals surface area contributed by atoms with E-state index in [-0.39, 0.29) is 12.0 Å². The number of hydrogen-bond donors (Lipinski definition) is 1. The van der Waals surface area contributed by atoms with Gasteiger partial charge < -0.3 is 20.0 Å². The summed E-state index contributed by atoms with van der Waals surface area (Å²) in [6.07, 6.45) is 3.52. The van der Waals surface area contributed by atoms with E-state index in [1.54, 1.807) is 7.11 Å². The zero-order valence-electron chi connectivity index (χ0n) is 12.6. The van der Waals surface area contributed by atoms with E-state index in [0.29, 0.717) is 18.7 Å². The van der Waals surface area contributed by atoms with Crippen molar-refractivity contribution in [1.82, 2.24) is 0 Å². The van der Waals surface area contributed by atoms with Crippen LogP contribution in [-0.4, -0.2) is 26.0 Å². The predicted octanol–water partition coefficient (Wildman–Crippen LogP) is 2.89. The summed E-state index contributed by atoms with van der Waals surface area (Å²) in [5.41, 5.74) is 6.74. The summed E-state index contributed by atoms with van der Waals surface area (Å²) in [5, 5.41) is 0. The number of benzene rings is 1. The summed E-state index contributed by atoms with van der Waals surface area (Å²) in [6, 6.07) is 5.75. The van der Waals surface area contributed by atoms with Gasteiger partial charge >= 0.3 is 0 Å². The molecule has 0 aliphatic carbocycles. The molecule has 0 saturated carbocycles. The van der Waals surface area contributed by atoms with Gasteiger partial charge in [0.05, 0.1) is 13.2 Å². The number of hydrogen-bond acceptors (Lipinski definition) is 4. The third-order valence-electron chi connectivity index (χ3n) is 3.35. The van der Waals surface area contributed by atoms with Crippen LogP contribution in [0.1, 0.15) is 44.6 Å². The molecule has 112 valence electrons. The Morgan fingerprint density at radius 3 is 2.65 bits per heavy atom. The SMILES string of the molecule is CCCC(C)Oc1cc(C(CN)CC=O)ccc1OC. The van der Waals surface area contributed by atoms with Crippen molar-refractivity contribution in [2.45, 2.75) is 45.1 Å². The van der Waals surface area contributed by atoms with E-state index < -0.39 is 0 Å². The Hall–Kier alpha value is -1.55. The first-order valence-electron chi connectivity index (χ1n) is 7.14. The average molecular weight is 279 g/mol. The maximum atomic E-state index is 10.7. The third-order valence-corrected chi connectivity index (χ3v) is 3.35. The predicted molar refractivity (Wildman–Crippen MR) is 80.5 cm³/mol. The first-order chi connectivity index (χ1) is 9.65. The fourth-order valence-corrected chi connectivity index (χ4v) is 2.21. The molecule has 4 heteroatoms. The van der Waals surface area contributed by atoms with Crippen LogP contribution in [0.25, 0.3) is 0 Å². The maximum absolute atomic E-state index is 10.7. The summed E-state index contributed by atoms with van der Waals surface area (Å²) >= 11 is 0. The normalized spacial score (nSPS) is 13.6.